The lowest BCUT2D eigenvalue weighted by Gasteiger charge is -2.34. The van der Waals surface area contributed by atoms with Gasteiger partial charge in [-0.3, -0.25) is 5.32 Å². The van der Waals surface area contributed by atoms with E-state index in [0.29, 0.717) is 19.7 Å². The first kappa shape index (κ1) is 24.9. The molecule has 0 spiro atoms. The van der Waals surface area contributed by atoms with Crippen LogP contribution in [0.2, 0.25) is 0 Å². The molecule has 3 atom stereocenters. The fourth-order valence-electron chi connectivity index (χ4n) is 4.24. The number of halogens is 1. The van der Waals surface area contributed by atoms with Crippen molar-refractivity contribution in [3.8, 4) is 11.5 Å². The Bertz CT molecular complexity index is 996. The zero-order valence-electron chi connectivity index (χ0n) is 19.8. The third-order valence-corrected chi connectivity index (χ3v) is 7.35. The van der Waals surface area contributed by atoms with Gasteiger partial charge < -0.3 is 28.6 Å². The van der Waals surface area contributed by atoms with Crippen LogP contribution in [0.15, 0.2) is 65.1 Å². The molecular weight excluding hydrogens is 474 g/mol. The minimum Gasteiger partial charge on any atom is -0.497 e. The molecule has 0 aromatic heterocycles. The Balaban J connectivity index is 1.47. The minimum atomic E-state index is -0.110. The molecule has 34 heavy (non-hydrogen) atoms. The second-order valence-corrected chi connectivity index (χ2v) is 9.65. The average Bonchev–Trinajstić information content (AvgIpc) is 3.01. The van der Waals surface area contributed by atoms with Crippen molar-refractivity contribution in [2.45, 2.75) is 24.6 Å². The molecule has 0 bridgehead atoms. The first-order chi connectivity index (χ1) is 16.5. The Morgan fingerprint density at radius 2 is 2.09 bits per heavy atom. The monoisotopic (exact) mass is 505 g/mol. The Kier molecular flexibility index (Phi) is 8.37. The highest BCUT2D eigenvalue weighted by Gasteiger charge is 2.33. The summed E-state index contributed by atoms with van der Waals surface area (Å²) in [6.45, 7) is 7.17. The van der Waals surface area contributed by atoms with Gasteiger partial charge >= 0.3 is 0 Å². The van der Waals surface area contributed by atoms with E-state index in [9.17, 15) is 0 Å². The van der Waals surface area contributed by atoms with Crippen LogP contribution in [0.5, 0.6) is 11.5 Å². The molecule has 1 saturated heterocycles. The zero-order valence-corrected chi connectivity index (χ0v) is 21.4. The Morgan fingerprint density at radius 1 is 1.24 bits per heavy atom. The van der Waals surface area contributed by atoms with Crippen LogP contribution in [0.1, 0.15) is 12.0 Å². The van der Waals surface area contributed by atoms with Crippen molar-refractivity contribution in [2.75, 3.05) is 41.0 Å². The van der Waals surface area contributed by atoms with Crippen molar-refractivity contribution in [3.63, 3.8) is 0 Å². The standard InChI is InChI=1S/C25H32ClN3O4S/c1-16-21-12-19(28-34-24-11-18(26)6-8-22(24)31-3)14-27-25(21)33-10-9-29(16)15-17-5-7-20(30-2)13-23(17)32-4/h5,7-8,11-13,18,21,25,27-28H,1,6,9-10,14-15H2,2-4H3. The van der Waals surface area contributed by atoms with Gasteiger partial charge in [-0.05, 0) is 42.7 Å². The quantitative estimate of drug-likeness (QED) is 0.403. The van der Waals surface area contributed by atoms with Crippen LogP contribution in [0.25, 0.3) is 0 Å². The third-order valence-electron chi connectivity index (χ3n) is 6.12. The summed E-state index contributed by atoms with van der Waals surface area (Å²) in [4.78, 5) is 3.25. The Morgan fingerprint density at radius 3 is 2.85 bits per heavy atom. The lowest BCUT2D eigenvalue weighted by Crippen LogP contribution is -2.44. The van der Waals surface area contributed by atoms with Gasteiger partial charge in [-0.1, -0.05) is 12.7 Å². The number of alkyl halides is 1. The first-order valence-corrected chi connectivity index (χ1v) is 12.5. The lowest BCUT2D eigenvalue weighted by atomic mass is 9.98. The molecule has 2 aliphatic heterocycles. The summed E-state index contributed by atoms with van der Waals surface area (Å²) in [5.74, 6) is 2.41. The zero-order chi connectivity index (χ0) is 24.1. The molecule has 184 valence electrons. The number of ether oxygens (including phenoxy) is 4. The molecule has 2 heterocycles. The van der Waals surface area contributed by atoms with Crippen LogP contribution in [0.3, 0.4) is 0 Å². The van der Waals surface area contributed by atoms with Crippen LogP contribution in [0, 0.1) is 5.92 Å². The molecule has 9 heteroatoms. The number of nitrogens with one attached hydrogen (secondary N) is 2. The van der Waals surface area contributed by atoms with E-state index >= 15 is 0 Å². The molecule has 1 aromatic rings. The van der Waals surface area contributed by atoms with Gasteiger partial charge in [-0.25, -0.2) is 0 Å². The van der Waals surface area contributed by atoms with Gasteiger partial charge in [0.1, 0.15) is 23.5 Å². The summed E-state index contributed by atoms with van der Waals surface area (Å²) in [7, 11) is 5.01. The van der Waals surface area contributed by atoms with E-state index in [1.807, 2.05) is 30.4 Å². The van der Waals surface area contributed by atoms with Crippen molar-refractivity contribution in [2.24, 2.45) is 5.92 Å². The topological polar surface area (TPSA) is 64.2 Å². The molecule has 7 nitrogen and oxygen atoms in total. The summed E-state index contributed by atoms with van der Waals surface area (Å²) >= 11 is 7.82. The molecular formula is C25H32ClN3O4S. The highest BCUT2D eigenvalue weighted by molar-refractivity contribution is 8.01. The van der Waals surface area contributed by atoms with Gasteiger partial charge in [0, 0.05) is 42.7 Å². The average molecular weight is 506 g/mol. The number of methoxy groups -OCH3 is 3. The predicted molar refractivity (Wildman–Crippen MR) is 137 cm³/mol. The fraction of sp³-hybridized carbons (Fsp3) is 0.440. The minimum absolute atomic E-state index is 0.00198. The number of hydrogen-bond acceptors (Lipinski definition) is 8. The molecule has 2 N–H and O–H groups in total. The second kappa shape index (κ2) is 11.4. The maximum absolute atomic E-state index is 6.31. The van der Waals surface area contributed by atoms with E-state index < -0.39 is 0 Å². The molecule has 0 radical (unpaired) electrons. The number of hydrogen-bond donors (Lipinski definition) is 2. The highest BCUT2D eigenvalue weighted by atomic mass is 35.5. The summed E-state index contributed by atoms with van der Waals surface area (Å²) in [5, 5.41) is 3.48. The first-order valence-electron chi connectivity index (χ1n) is 11.3. The van der Waals surface area contributed by atoms with Crippen molar-refractivity contribution >= 4 is 23.5 Å². The maximum atomic E-state index is 6.31. The number of benzene rings is 1. The smallest absolute Gasteiger partial charge is 0.130 e. The van der Waals surface area contributed by atoms with Crippen LogP contribution in [0.4, 0.5) is 0 Å². The van der Waals surface area contributed by atoms with Crippen molar-refractivity contribution < 1.29 is 18.9 Å². The maximum Gasteiger partial charge on any atom is 0.130 e. The van der Waals surface area contributed by atoms with Gasteiger partial charge in [0.05, 0.1) is 44.1 Å². The van der Waals surface area contributed by atoms with Crippen LogP contribution in [-0.2, 0) is 16.0 Å². The molecule has 1 aromatic carbocycles. The molecule has 0 amide bonds. The Labute approximate surface area is 210 Å². The third kappa shape index (κ3) is 5.68. The fourth-order valence-corrected chi connectivity index (χ4v) is 5.41. The number of rotatable bonds is 8. The summed E-state index contributed by atoms with van der Waals surface area (Å²) < 4.78 is 26.0. The molecule has 1 aliphatic carbocycles. The summed E-state index contributed by atoms with van der Waals surface area (Å²) in [5.41, 5.74) is 3.14. The SMILES string of the molecule is C=C1C2C=C(NSC3=CC(Cl)CC=C3OC)CNC2OCCN1Cc1ccc(OC)cc1OC. The summed E-state index contributed by atoms with van der Waals surface area (Å²) in [6, 6.07) is 5.90. The van der Waals surface area contributed by atoms with Crippen LogP contribution >= 0.6 is 23.5 Å². The molecule has 0 saturated carbocycles. The largest absolute Gasteiger partial charge is 0.497 e. The highest BCUT2D eigenvalue weighted by Crippen LogP contribution is 2.33. The Hall–Kier alpha value is -2.26. The van der Waals surface area contributed by atoms with Crippen molar-refractivity contribution in [1.82, 2.24) is 14.9 Å². The van der Waals surface area contributed by atoms with Gasteiger partial charge in [-0.15, -0.1) is 11.6 Å². The normalized spacial score (nSPS) is 24.8. The van der Waals surface area contributed by atoms with E-state index in [1.54, 1.807) is 21.3 Å². The molecule has 1 fully saturated rings. The van der Waals surface area contributed by atoms with Crippen LogP contribution in [-0.4, -0.2) is 57.5 Å². The van der Waals surface area contributed by atoms with Gasteiger partial charge in [0.15, 0.2) is 0 Å². The van der Waals surface area contributed by atoms with E-state index in [0.717, 1.165) is 52.1 Å². The number of nitrogens with zero attached hydrogens (tertiary/aromatic N) is 1. The number of fused-ring (bicyclic) bond motifs is 1. The van der Waals surface area contributed by atoms with E-state index in [-0.39, 0.29) is 17.5 Å². The van der Waals surface area contributed by atoms with E-state index in [1.165, 1.54) is 11.9 Å². The molecule has 3 unspecified atom stereocenters. The lowest BCUT2D eigenvalue weighted by molar-refractivity contribution is 0.0203. The van der Waals surface area contributed by atoms with Crippen molar-refractivity contribution in [1.29, 1.82) is 0 Å². The van der Waals surface area contributed by atoms with Gasteiger partial charge in [-0.2, -0.15) is 0 Å². The second-order valence-electron chi connectivity index (χ2n) is 8.24. The van der Waals surface area contributed by atoms with Crippen molar-refractivity contribution in [3.05, 3.63) is 70.6 Å². The van der Waals surface area contributed by atoms with Gasteiger partial charge in [0.2, 0.25) is 0 Å². The predicted octanol–water partition coefficient (Wildman–Crippen LogP) is 4.14. The summed E-state index contributed by atoms with van der Waals surface area (Å²) in [6.07, 6.45) is 6.92. The van der Waals surface area contributed by atoms with Gasteiger partial charge in [0.25, 0.3) is 0 Å². The molecule has 4 rings (SSSR count). The van der Waals surface area contributed by atoms with E-state index in [2.05, 4.69) is 27.6 Å². The van der Waals surface area contributed by atoms with Crippen LogP contribution < -0.4 is 19.5 Å². The van der Waals surface area contributed by atoms with E-state index in [4.69, 9.17) is 30.5 Å². The number of allylic oxidation sites excluding steroid dienone is 2. The molecule has 3 aliphatic rings.